The molecule has 0 aliphatic heterocycles. The van der Waals surface area contributed by atoms with Gasteiger partial charge in [0.1, 0.15) is 0 Å². The van der Waals surface area contributed by atoms with Crippen molar-refractivity contribution in [3.63, 3.8) is 0 Å². The molecule has 0 fully saturated rings. The van der Waals surface area contributed by atoms with Crippen molar-refractivity contribution in [2.45, 2.75) is 13.8 Å². The molecule has 0 radical (unpaired) electrons. The van der Waals surface area contributed by atoms with Crippen LogP contribution in [0.4, 0.5) is 5.69 Å². The van der Waals surface area contributed by atoms with Gasteiger partial charge in [-0.3, -0.25) is 0 Å². The van der Waals surface area contributed by atoms with Gasteiger partial charge in [-0.1, -0.05) is 42.5 Å². The van der Waals surface area contributed by atoms with E-state index < -0.39 is 0 Å². The molecule has 0 saturated heterocycles. The molecule has 0 aliphatic rings. The van der Waals surface area contributed by atoms with Crippen molar-refractivity contribution in [1.82, 2.24) is 0 Å². The monoisotopic (exact) mass is 223 g/mol. The lowest BCUT2D eigenvalue weighted by Gasteiger charge is -2.08. The van der Waals surface area contributed by atoms with E-state index in [1.54, 1.807) is 0 Å². The van der Waals surface area contributed by atoms with Crippen LogP contribution in [-0.4, -0.2) is 0 Å². The number of fused-ring (bicyclic) bond motifs is 1. The molecule has 0 unspecified atom stereocenters. The number of benzene rings is 2. The summed E-state index contributed by atoms with van der Waals surface area (Å²) in [6.45, 7) is 4.05. The Labute approximate surface area is 102 Å². The van der Waals surface area contributed by atoms with Crippen LogP contribution in [0.3, 0.4) is 0 Å². The van der Waals surface area contributed by atoms with Gasteiger partial charge < -0.3 is 5.32 Å². The standard InChI is InChI=1S/C16H17N/c1-3-7-15(4-2)17-16-11-10-13-8-5-6-9-14(13)12-16/h3-12,17H,1-2H3/b7-3-,15-4+. The highest BCUT2D eigenvalue weighted by atomic mass is 14.9. The van der Waals surface area contributed by atoms with Crippen LogP contribution in [-0.2, 0) is 0 Å². The summed E-state index contributed by atoms with van der Waals surface area (Å²) in [6, 6.07) is 14.8. The molecule has 0 atom stereocenters. The SMILES string of the molecule is C/C=C\C(=C/C)Nc1ccc2ccccc2c1. The minimum Gasteiger partial charge on any atom is -0.356 e. The summed E-state index contributed by atoms with van der Waals surface area (Å²) >= 11 is 0. The molecule has 2 aromatic carbocycles. The minimum absolute atomic E-state index is 1.11. The predicted octanol–water partition coefficient (Wildman–Crippen LogP) is 4.73. The van der Waals surface area contributed by atoms with Gasteiger partial charge in [0, 0.05) is 11.4 Å². The second-order valence-corrected chi connectivity index (χ2v) is 3.93. The van der Waals surface area contributed by atoms with E-state index in [0.29, 0.717) is 0 Å². The maximum Gasteiger partial charge on any atom is 0.0390 e. The van der Waals surface area contributed by atoms with Crippen LogP contribution in [0.5, 0.6) is 0 Å². The second kappa shape index (κ2) is 5.35. The third kappa shape index (κ3) is 2.76. The fourth-order valence-electron chi connectivity index (χ4n) is 1.82. The molecule has 1 N–H and O–H groups in total. The van der Waals surface area contributed by atoms with E-state index in [1.165, 1.54) is 10.8 Å². The van der Waals surface area contributed by atoms with E-state index in [2.05, 4.69) is 59.9 Å². The summed E-state index contributed by atoms with van der Waals surface area (Å²) in [6.07, 6.45) is 6.16. The molecule has 1 nitrogen and oxygen atoms in total. The van der Waals surface area contributed by atoms with Crippen LogP contribution in [0.1, 0.15) is 13.8 Å². The minimum atomic E-state index is 1.11. The first-order valence-electron chi connectivity index (χ1n) is 5.88. The van der Waals surface area contributed by atoms with E-state index in [4.69, 9.17) is 0 Å². The fraction of sp³-hybridized carbons (Fsp3) is 0.125. The molecule has 2 aromatic rings. The summed E-state index contributed by atoms with van der Waals surface area (Å²) in [4.78, 5) is 0. The predicted molar refractivity (Wildman–Crippen MR) is 76.1 cm³/mol. The Morgan fingerprint density at radius 2 is 1.76 bits per heavy atom. The highest BCUT2D eigenvalue weighted by Gasteiger charge is 1.96. The van der Waals surface area contributed by atoms with Gasteiger partial charge in [0.25, 0.3) is 0 Å². The average Bonchev–Trinajstić information content (AvgIpc) is 2.38. The highest BCUT2D eigenvalue weighted by molar-refractivity contribution is 5.85. The van der Waals surface area contributed by atoms with E-state index in [0.717, 1.165) is 11.4 Å². The first kappa shape index (κ1) is 11.5. The lowest BCUT2D eigenvalue weighted by atomic mass is 10.1. The Morgan fingerprint density at radius 1 is 1.00 bits per heavy atom. The zero-order valence-corrected chi connectivity index (χ0v) is 10.3. The summed E-state index contributed by atoms with van der Waals surface area (Å²) < 4.78 is 0. The second-order valence-electron chi connectivity index (χ2n) is 3.93. The molecule has 86 valence electrons. The molecule has 0 spiro atoms. The maximum atomic E-state index is 3.40. The van der Waals surface area contributed by atoms with Gasteiger partial charge >= 0.3 is 0 Å². The summed E-state index contributed by atoms with van der Waals surface area (Å²) in [5.41, 5.74) is 2.23. The van der Waals surface area contributed by atoms with Gasteiger partial charge in [-0.15, -0.1) is 0 Å². The van der Waals surface area contributed by atoms with Crippen molar-refractivity contribution in [3.05, 3.63) is 66.4 Å². The average molecular weight is 223 g/mol. The van der Waals surface area contributed by atoms with Crippen LogP contribution in [0.15, 0.2) is 66.4 Å². The normalized spacial score (nSPS) is 12.2. The molecule has 0 saturated carbocycles. The third-order valence-corrected chi connectivity index (χ3v) is 2.70. The Morgan fingerprint density at radius 3 is 2.47 bits per heavy atom. The first-order valence-corrected chi connectivity index (χ1v) is 5.88. The van der Waals surface area contributed by atoms with Gasteiger partial charge in [0.05, 0.1) is 0 Å². The lowest BCUT2D eigenvalue weighted by Crippen LogP contribution is -1.95. The van der Waals surface area contributed by atoms with E-state index in [-0.39, 0.29) is 0 Å². The fourth-order valence-corrected chi connectivity index (χ4v) is 1.82. The lowest BCUT2D eigenvalue weighted by molar-refractivity contribution is 1.44. The van der Waals surface area contributed by atoms with Gasteiger partial charge in [0.15, 0.2) is 0 Å². The molecule has 1 heteroatoms. The molecule has 0 bridgehead atoms. The van der Waals surface area contributed by atoms with Crippen LogP contribution in [0, 0.1) is 0 Å². The highest BCUT2D eigenvalue weighted by Crippen LogP contribution is 2.20. The Balaban J connectivity index is 2.30. The molecule has 0 amide bonds. The molecular weight excluding hydrogens is 206 g/mol. The van der Waals surface area contributed by atoms with Gasteiger partial charge in [-0.25, -0.2) is 0 Å². The zero-order chi connectivity index (χ0) is 12.1. The molecular formula is C16H17N. The molecule has 17 heavy (non-hydrogen) atoms. The molecule has 0 aromatic heterocycles. The van der Waals surface area contributed by atoms with E-state index >= 15 is 0 Å². The van der Waals surface area contributed by atoms with E-state index in [1.807, 2.05) is 19.9 Å². The number of allylic oxidation sites excluding steroid dienone is 3. The summed E-state index contributed by atoms with van der Waals surface area (Å²) in [7, 11) is 0. The summed E-state index contributed by atoms with van der Waals surface area (Å²) in [5.74, 6) is 0. The molecule has 0 aliphatic carbocycles. The number of hydrogen-bond donors (Lipinski definition) is 1. The molecule has 2 rings (SSSR count). The van der Waals surface area contributed by atoms with Crippen LogP contribution >= 0.6 is 0 Å². The van der Waals surface area contributed by atoms with Crippen LogP contribution in [0.2, 0.25) is 0 Å². The molecule has 0 heterocycles. The van der Waals surface area contributed by atoms with Crippen molar-refractivity contribution in [3.8, 4) is 0 Å². The quantitative estimate of drug-likeness (QED) is 0.742. The Bertz CT molecular complexity index is 565. The number of hydrogen-bond acceptors (Lipinski definition) is 1. The van der Waals surface area contributed by atoms with Crippen molar-refractivity contribution < 1.29 is 0 Å². The number of nitrogens with one attached hydrogen (secondary N) is 1. The topological polar surface area (TPSA) is 12.0 Å². The largest absolute Gasteiger partial charge is 0.356 e. The van der Waals surface area contributed by atoms with Crippen molar-refractivity contribution in [1.29, 1.82) is 0 Å². The van der Waals surface area contributed by atoms with Gasteiger partial charge in [-0.2, -0.15) is 0 Å². The number of rotatable bonds is 3. The zero-order valence-electron chi connectivity index (χ0n) is 10.3. The Hall–Kier alpha value is -2.02. The van der Waals surface area contributed by atoms with Crippen LogP contribution in [0.25, 0.3) is 10.8 Å². The van der Waals surface area contributed by atoms with Crippen molar-refractivity contribution in [2.24, 2.45) is 0 Å². The van der Waals surface area contributed by atoms with Gasteiger partial charge in [-0.05, 0) is 42.8 Å². The third-order valence-electron chi connectivity index (χ3n) is 2.70. The van der Waals surface area contributed by atoms with E-state index in [9.17, 15) is 0 Å². The van der Waals surface area contributed by atoms with Crippen molar-refractivity contribution in [2.75, 3.05) is 5.32 Å². The van der Waals surface area contributed by atoms with Gasteiger partial charge in [0.2, 0.25) is 0 Å². The first-order chi connectivity index (χ1) is 8.33. The Kier molecular flexibility index (Phi) is 3.61. The summed E-state index contributed by atoms with van der Waals surface area (Å²) in [5, 5.41) is 5.92. The maximum absolute atomic E-state index is 3.40. The smallest absolute Gasteiger partial charge is 0.0390 e. The number of anilines is 1. The van der Waals surface area contributed by atoms with Crippen LogP contribution < -0.4 is 5.32 Å². The van der Waals surface area contributed by atoms with Crippen molar-refractivity contribution >= 4 is 16.5 Å².